The Labute approximate surface area is 210 Å². The molecule has 36 heavy (non-hydrogen) atoms. The van der Waals surface area contributed by atoms with E-state index in [1.165, 1.54) is 0 Å². The van der Waals surface area contributed by atoms with E-state index in [-0.39, 0.29) is 11.9 Å². The van der Waals surface area contributed by atoms with Crippen LogP contribution in [0.4, 0.5) is 0 Å². The molecule has 0 aliphatic rings. The molecular weight excluding hydrogens is 448 g/mol. The van der Waals surface area contributed by atoms with Gasteiger partial charge in [-0.05, 0) is 68.8 Å². The van der Waals surface area contributed by atoms with Crippen molar-refractivity contribution in [2.75, 3.05) is 7.11 Å². The average molecular weight is 477 g/mol. The summed E-state index contributed by atoms with van der Waals surface area (Å²) in [6.45, 7) is 6.02. The number of pyridine rings is 1. The molecule has 0 aliphatic heterocycles. The van der Waals surface area contributed by atoms with E-state index >= 15 is 0 Å². The second kappa shape index (κ2) is 9.66. The molecule has 0 aliphatic carbocycles. The summed E-state index contributed by atoms with van der Waals surface area (Å²) in [6, 6.07) is 25.4. The number of nitrogens with zero attached hydrogens (tertiary/aromatic N) is 3. The first-order valence-electron chi connectivity index (χ1n) is 11.9. The Kier molecular flexibility index (Phi) is 6.25. The first kappa shape index (κ1) is 23.3. The molecule has 6 nitrogen and oxygen atoms in total. The van der Waals surface area contributed by atoms with Crippen LogP contribution < -0.4 is 10.1 Å². The molecule has 5 aromatic rings. The van der Waals surface area contributed by atoms with Crippen molar-refractivity contribution < 1.29 is 9.53 Å². The number of benzene rings is 3. The Hall–Kier alpha value is -4.45. The summed E-state index contributed by atoms with van der Waals surface area (Å²) in [5.41, 5.74) is 6.93. The number of aromatic nitrogens is 3. The second-order valence-corrected chi connectivity index (χ2v) is 8.93. The topological polar surface area (TPSA) is 69.0 Å². The van der Waals surface area contributed by atoms with E-state index < -0.39 is 0 Å². The highest BCUT2D eigenvalue weighted by molar-refractivity contribution is 6.07. The smallest absolute Gasteiger partial charge is 0.252 e. The molecule has 5 rings (SSSR count). The molecule has 0 radical (unpaired) electrons. The van der Waals surface area contributed by atoms with Crippen LogP contribution in [0.25, 0.3) is 27.8 Å². The van der Waals surface area contributed by atoms with Crippen LogP contribution in [0.2, 0.25) is 0 Å². The molecular formula is C30H28N4O2. The summed E-state index contributed by atoms with van der Waals surface area (Å²) in [5.74, 6) is 0.654. The lowest BCUT2D eigenvalue weighted by Gasteiger charge is -2.16. The van der Waals surface area contributed by atoms with Gasteiger partial charge in [0.2, 0.25) is 0 Å². The van der Waals surface area contributed by atoms with E-state index in [4.69, 9.17) is 9.72 Å². The van der Waals surface area contributed by atoms with Crippen LogP contribution in [-0.4, -0.2) is 27.8 Å². The van der Waals surface area contributed by atoms with Gasteiger partial charge < -0.3 is 10.1 Å². The number of ether oxygens (including phenoxy) is 1. The van der Waals surface area contributed by atoms with Crippen molar-refractivity contribution in [2.45, 2.75) is 26.8 Å². The minimum Gasteiger partial charge on any atom is -0.497 e. The molecule has 3 aromatic carbocycles. The van der Waals surface area contributed by atoms with Crippen molar-refractivity contribution in [1.29, 1.82) is 0 Å². The van der Waals surface area contributed by atoms with Crippen LogP contribution in [0.5, 0.6) is 5.75 Å². The van der Waals surface area contributed by atoms with Gasteiger partial charge in [0.15, 0.2) is 0 Å². The van der Waals surface area contributed by atoms with E-state index in [2.05, 4.69) is 10.4 Å². The summed E-state index contributed by atoms with van der Waals surface area (Å²) in [7, 11) is 1.65. The van der Waals surface area contributed by atoms with Crippen molar-refractivity contribution in [3.05, 3.63) is 107 Å². The lowest BCUT2D eigenvalue weighted by molar-refractivity contribution is 0.0941. The maximum Gasteiger partial charge on any atom is 0.252 e. The van der Waals surface area contributed by atoms with Crippen molar-refractivity contribution in [1.82, 2.24) is 20.1 Å². The van der Waals surface area contributed by atoms with Crippen LogP contribution in [0, 0.1) is 13.8 Å². The Morgan fingerprint density at radius 1 is 0.972 bits per heavy atom. The maximum absolute atomic E-state index is 13.5. The maximum atomic E-state index is 13.5. The van der Waals surface area contributed by atoms with Crippen molar-refractivity contribution in [2.24, 2.45) is 0 Å². The quantitative estimate of drug-likeness (QED) is 0.317. The number of rotatable bonds is 6. The minimum absolute atomic E-state index is 0.130. The van der Waals surface area contributed by atoms with E-state index in [0.29, 0.717) is 11.3 Å². The number of nitrogens with one attached hydrogen (secondary N) is 1. The van der Waals surface area contributed by atoms with Crippen molar-refractivity contribution in [3.63, 3.8) is 0 Å². The summed E-state index contributed by atoms with van der Waals surface area (Å²) in [4.78, 5) is 18.4. The number of methoxy groups -OCH3 is 1. The Bertz CT molecular complexity index is 1540. The van der Waals surface area contributed by atoms with E-state index in [1.54, 1.807) is 13.3 Å². The molecule has 0 spiro atoms. The third kappa shape index (κ3) is 4.45. The third-order valence-corrected chi connectivity index (χ3v) is 6.46. The van der Waals surface area contributed by atoms with Crippen LogP contribution in [0.15, 0.2) is 85.1 Å². The van der Waals surface area contributed by atoms with Crippen LogP contribution in [0.1, 0.15) is 40.1 Å². The monoisotopic (exact) mass is 476 g/mol. The fourth-order valence-electron chi connectivity index (χ4n) is 4.41. The standard InChI is InChI=1S/C30H28N4O2/c1-19-10-15-28-25(16-19)26(30(35)32-20(2)22-8-6-5-7-9-22)17-29(33-28)27-18-31-34(21(27)3)23-11-13-24(36-4)14-12-23/h5-18,20H,1-4H3,(H,32,35)/t20-/m0/s1. The van der Waals surface area contributed by atoms with Gasteiger partial charge in [-0.3, -0.25) is 4.79 Å². The highest BCUT2D eigenvalue weighted by Crippen LogP contribution is 2.29. The molecule has 0 saturated carbocycles. The highest BCUT2D eigenvalue weighted by Gasteiger charge is 2.19. The van der Waals surface area contributed by atoms with Gasteiger partial charge in [-0.25, -0.2) is 9.67 Å². The van der Waals surface area contributed by atoms with Crippen LogP contribution in [-0.2, 0) is 0 Å². The number of carbonyl (C=O) groups excluding carboxylic acids is 1. The Balaban J connectivity index is 1.56. The Morgan fingerprint density at radius 3 is 2.44 bits per heavy atom. The fourth-order valence-corrected chi connectivity index (χ4v) is 4.41. The molecule has 0 fully saturated rings. The summed E-state index contributed by atoms with van der Waals surface area (Å²) in [5, 5.41) is 8.60. The largest absolute Gasteiger partial charge is 0.497 e. The Morgan fingerprint density at radius 2 is 1.72 bits per heavy atom. The molecule has 0 saturated heterocycles. The van der Waals surface area contributed by atoms with Crippen LogP contribution in [0.3, 0.4) is 0 Å². The SMILES string of the molecule is COc1ccc(-n2ncc(-c3cc(C(=O)N[C@@H](C)c4ccccc4)c4cc(C)ccc4n3)c2C)cc1. The number of carbonyl (C=O) groups is 1. The number of fused-ring (bicyclic) bond motifs is 1. The van der Waals surface area contributed by atoms with E-state index in [1.807, 2.05) is 104 Å². The van der Waals surface area contributed by atoms with E-state index in [9.17, 15) is 4.79 Å². The van der Waals surface area contributed by atoms with Gasteiger partial charge in [-0.1, -0.05) is 42.0 Å². The molecule has 2 heterocycles. The number of aryl methyl sites for hydroxylation is 1. The van der Waals surface area contributed by atoms with Gasteiger partial charge in [0.25, 0.3) is 5.91 Å². The second-order valence-electron chi connectivity index (χ2n) is 8.93. The van der Waals surface area contributed by atoms with Gasteiger partial charge in [0.1, 0.15) is 5.75 Å². The van der Waals surface area contributed by atoms with E-state index in [0.717, 1.165) is 44.7 Å². The molecule has 1 atom stereocenters. The van der Waals surface area contributed by atoms with Gasteiger partial charge in [0, 0.05) is 10.9 Å². The summed E-state index contributed by atoms with van der Waals surface area (Å²) >= 11 is 0. The fraction of sp³-hybridized carbons (Fsp3) is 0.167. The number of amides is 1. The zero-order valence-corrected chi connectivity index (χ0v) is 20.8. The summed E-state index contributed by atoms with van der Waals surface area (Å²) < 4.78 is 7.14. The number of hydrogen-bond acceptors (Lipinski definition) is 4. The zero-order valence-electron chi connectivity index (χ0n) is 20.8. The average Bonchev–Trinajstić information content (AvgIpc) is 3.29. The van der Waals surface area contributed by atoms with Crippen molar-refractivity contribution >= 4 is 16.8 Å². The lowest BCUT2D eigenvalue weighted by Crippen LogP contribution is -2.27. The highest BCUT2D eigenvalue weighted by atomic mass is 16.5. The number of hydrogen-bond donors (Lipinski definition) is 1. The molecule has 6 heteroatoms. The normalized spacial score (nSPS) is 11.9. The first-order valence-corrected chi connectivity index (χ1v) is 11.9. The third-order valence-electron chi connectivity index (χ3n) is 6.46. The summed E-state index contributed by atoms with van der Waals surface area (Å²) in [6.07, 6.45) is 1.80. The molecule has 180 valence electrons. The molecule has 1 N–H and O–H groups in total. The zero-order chi connectivity index (χ0) is 25.2. The molecule has 2 aromatic heterocycles. The molecule has 1 amide bonds. The van der Waals surface area contributed by atoms with Crippen LogP contribution >= 0.6 is 0 Å². The van der Waals surface area contributed by atoms with Gasteiger partial charge in [-0.15, -0.1) is 0 Å². The van der Waals surface area contributed by atoms with Gasteiger partial charge >= 0.3 is 0 Å². The predicted octanol–water partition coefficient (Wildman–Crippen LogP) is 6.20. The van der Waals surface area contributed by atoms with Crippen molar-refractivity contribution in [3.8, 4) is 22.7 Å². The predicted molar refractivity (Wildman–Crippen MR) is 143 cm³/mol. The lowest BCUT2D eigenvalue weighted by atomic mass is 10.0. The molecule has 0 unspecified atom stereocenters. The van der Waals surface area contributed by atoms with Gasteiger partial charge in [0.05, 0.1) is 47.5 Å². The molecule has 0 bridgehead atoms. The minimum atomic E-state index is -0.134. The first-order chi connectivity index (χ1) is 17.4. The van der Waals surface area contributed by atoms with Gasteiger partial charge in [-0.2, -0.15) is 5.10 Å².